The smallest absolute Gasteiger partial charge is 0.302 e. The molecule has 1 aliphatic rings. The highest BCUT2D eigenvalue weighted by molar-refractivity contribution is 7.86. The Hall–Kier alpha value is -1.47. The van der Waals surface area contributed by atoms with E-state index in [9.17, 15) is 17.1 Å². The molecule has 20 heavy (non-hydrogen) atoms. The van der Waals surface area contributed by atoms with E-state index in [0.29, 0.717) is 6.54 Å². The SMILES string of the molecule is Cc1cc(CN)ccc1N1CC(CS(=O)(=O)F)CC1=O. The van der Waals surface area contributed by atoms with Crippen molar-refractivity contribution in [1.29, 1.82) is 0 Å². The van der Waals surface area contributed by atoms with Gasteiger partial charge in [-0.05, 0) is 24.1 Å². The maximum atomic E-state index is 12.7. The fourth-order valence-electron chi connectivity index (χ4n) is 2.55. The van der Waals surface area contributed by atoms with Gasteiger partial charge in [0.05, 0.1) is 5.75 Å². The lowest BCUT2D eigenvalue weighted by Gasteiger charge is -2.19. The molecule has 0 radical (unpaired) electrons. The van der Waals surface area contributed by atoms with Gasteiger partial charge in [0.1, 0.15) is 0 Å². The van der Waals surface area contributed by atoms with Crippen molar-refractivity contribution < 1.29 is 17.1 Å². The minimum atomic E-state index is -4.55. The third-order valence-electron chi connectivity index (χ3n) is 3.43. The molecule has 1 aromatic carbocycles. The van der Waals surface area contributed by atoms with E-state index in [1.165, 1.54) is 4.90 Å². The Morgan fingerprint density at radius 1 is 1.45 bits per heavy atom. The highest BCUT2D eigenvalue weighted by Gasteiger charge is 2.34. The first-order chi connectivity index (χ1) is 9.30. The number of aryl methyl sites for hydroxylation is 1. The molecule has 110 valence electrons. The zero-order valence-corrected chi connectivity index (χ0v) is 12.0. The minimum Gasteiger partial charge on any atom is -0.326 e. The number of anilines is 1. The average molecular weight is 300 g/mol. The number of halogens is 1. The second-order valence-corrected chi connectivity index (χ2v) is 6.52. The molecular weight excluding hydrogens is 283 g/mol. The van der Waals surface area contributed by atoms with Crippen LogP contribution in [0.25, 0.3) is 0 Å². The Morgan fingerprint density at radius 3 is 2.70 bits per heavy atom. The summed E-state index contributed by atoms with van der Waals surface area (Å²) in [6, 6.07) is 5.51. The summed E-state index contributed by atoms with van der Waals surface area (Å²) in [6.07, 6.45) is 0.0568. The quantitative estimate of drug-likeness (QED) is 0.845. The molecule has 1 fully saturated rings. The van der Waals surface area contributed by atoms with Gasteiger partial charge in [-0.2, -0.15) is 8.42 Å². The molecule has 1 unspecified atom stereocenters. The molecule has 5 nitrogen and oxygen atoms in total. The van der Waals surface area contributed by atoms with Gasteiger partial charge in [-0.15, -0.1) is 3.89 Å². The molecule has 0 saturated carbocycles. The molecule has 1 amide bonds. The second-order valence-electron chi connectivity index (χ2n) is 5.10. The number of hydrogen-bond donors (Lipinski definition) is 1. The second kappa shape index (κ2) is 5.49. The third-order valence-corrected chi connectivity index (χ3v) is 4.30. The molecule has 1 aromatic rings. The van der Waals surface area contributed by atoms with Crippen LogP contribution in [0.1, 0.15) is 17.5 Å². The first-order valence-electron chi connectivity index (χ1n) is 6.32. The summed E-state index contributed by atoms with van der Waals surface area (Å²) >= 11 is 0. The van der Waals surface area contributed by atoms with Crippen molar-refractivity contribution in [2.75, 3.05) is 17.2 Å². The minimum absolute atomic E-state index is 0.0568. The molecule has 2 rings (SSSR count). The number of benzene rings is 1. The van der Waals surface area contributed by atoms with Gasteiger partial charge < -0.3 is 10.6 Å². The summed E-state index contributed by atoms with van der Waals surface area (Å²) in [5.74, 6) is -1.27. The lowest BCUT2D eigenvalue weighted by Crippen LogP contribution is -2.26. The molecule has 1 heterocycles. The monoisotopic (exact) mass is 300 g/mol. The van der Waals surface area contributed by atoms with E-state index in [-0.39, 0.29) is 18.9 Å². The van der Waals surface area contributed by atoms with Gasteiger partial charge in [0, 0.05) is 31.1 Å². The first kappa shape index (κ1) is 14.9. The number of carbonyl (C=O) groups is 1. The molecule has 0 bridgehead atoms. The van der Waals surface area contributed by atoms with Gasteiger partial charge in [-0.25, -0.2) is 0 Å². The lowest BCUT2D eigenvalue weighted by molar-refractivity contribution is -0.117. The number of rotatable bonds is 4. The van der Waals surface area contributed by atoms with Crippen LogP contribution >= 0.6 is 0 Å². The van der Waals surface area contributed by atoms with Crippen LogP contribution in [-0.4, -0.2) is 26.6 Å². The molecule has 1 saturated heterocycles. The van der Waals surface area contributed by atoms with Gasteiger partial charge >= 0.3 is 10.2 Å². The fourth-order valence-corrected chi connectivity index (χ4v) is 3.34. The van der Waals surface area contributed by atoms with E-state index >= 15 is 0 Å². The summed E-state index contributed by atoms with van der Waals surface area (Å²) in [5.41, 5.74) is 8.13. The van der Waals surface area contributed by atoms with Crippen molar-refractivity contribution in [3.63, 3.8) is 0 Å². The molecule has 0 spiro atoms. The van der Waals surface area contributed by atoms with Gasteiger partial charge in [-0.3, -0.25) is 4.79 Å². The van der Waals surface area contributed by atoms with Crippen LogP contribution in [0.4, 0.5) is 9.57 Å². The largest absolute Gasteiger partial charge is 0.326 e. The topological polar surface area (TPSA) is 80.5 Å². The van der Waals surface area contributed by atoms with Crippen LogP contribution in [0.2, 0.25) is 0 Å². The summed E-state index contributed by atoms with van der Waals surface area (Å²) in [6.45, 7) is 2.50. The predicted octanol–water partition coefficient (Wildman–Crippen LogP) is 1.11. The van der Waals surface area contributed by atoms with Crippen molar-refractivity contribution in [2.24, 2.45) is 11.7 Å². The predicted molar refractivity (Wildman–Crippen MR) is 74.4 cm³/mol. The van der Waals surface area contributed by atoms with E-state index in [1.807, 2.05) is 19.1 Å². The first-order valence-corrected chi connectivity index (χ1v) is 7.87. The summed E-state index contributed by atoms with van der Waals surface area (Å²) in [5, 5.41) is 0. The summed E-state index contributed by atoms with van der Waals surface area (Å²) in [7, 11) is -4.55. The van der Waals surface area contributed by atoms with Crippen molar-refractivity contribution in [1.82, 2.24) is 0 Å². The van der Waals surface area contributed by atoms with Crippen molar-refractivity contribution in [3.05, 3.63) is 29.3 Å². The lowest BCUT2D eigenvalue weighted by atomic mass is 10.1. The van der Waals surface area contributed by atoms with E-state index in [4.69, 9.17) is 5.73 Å². The van der Waals surface area contributed by atoms with Crippen LogP contribution in [0.15, 0.2) is 18.2 Å². The van der Waals surface area contributed by atoms with E-state index < -0.39 is 21.9 Å². The van der Waals surface area contributed by atoms with E-state index in [2.05, 4.69) is 0 Å². The van der Waals surface area contributed by atoms with Crippen LogP contribution in [0.5, 0.6) is 0 Å². The maximum Gasteiger partial charge on any atom is 0.302 e. The molecule has 1 atom stereocenters. The van der Waals surface area contributed by atoms with Crippen LogP contribution in [0.3, 0.4) is 0 Å². The molecule has 2 N–H and O–H groups in total. The Balaban J connectivity index is 2.20. The van der Waals surface area contributed by atoms with Gasteiger partial charge in [0.15, 0.2) is 0 Å². The van der Waals surface area contributed by atoms with Gasteiger partial charge in [0.2, 0.25) is 5.91 Å². The highest BCUT2D eigenvalue weighted by atomic mass is 32.3. The van der Waals surface area contributed by atoms with Crippen molar-refractivity contribution in [3.8, 4) is 0 Å². The fraction of sp³-hybridized carbons (Fsp3) is 0.462. The Morgan fingerprint density at radius 2 is 2.15 bits per heavy atom. The van der Waals surface area contributed by atoms with Crippen molar-refractivity contribution in [2.45, 2.75) is 19.9 Å². The van der Waals surface area contributed by atoms with Crippen LogP contribution < -0.4 is 10.6 Å². The van der Waals surface area contributed by atoms with E-state index in [0.717, 1.165) is 16.8 Å². The zero-order valence-electron chi connectivity index (χ0n) is 11.2. The standard InChI is InChI=1S/C13H17FN2O3S/c1-9-4-10(6-15)2-3-12(9)16-7-11(5-13(16)17)8-20(14,18)19/h2-4,11H,5-8,15H2,1H3. The van der Waals surface area contributed by atoms with Gasteiger partial charge in [-0.1, -0.05) is 12.1 Å². The maximum absolute atomic E-state index is 12.7. The zero-order chi connectivity index (χ0) is 14.9. The summed E-state index contributed by atoms with van der Waals surface area (Å²) in [4.78, 5) is 13.5. The molecule has 0 aliphatic carbocycles. The molecule has 0 aromatic heterocycles. The normalized spacial score (nSPS) is 19.6. The molecule has 7 heteroatoms. The Kier molecular flexibility index (Phi) is 4.10. The molecule has 1 aliphatic heterocycles. The number of nitrogens with zero attached hydrogens (tertiary/aromatic N) is 1. The number of carbonyl (C=O) groups excluding carboxylic acids is 1. The van der Waals surface area contributed by atoms with Crippen LogP contribution in [0, 0.1) is 12.8 Å². The van der Waals surface area contributed by atoms with Crippen molar-refractivity contribution >= 4 is 21.8 Å². The summed E-state index contributed by atoms with van der Waals surface area (Å²) < 4.78 is 34.1. The highest BCUT2D eigenvalue weighted by Crippen LogP contribution is 2.29. The van der Waals surface area contributed by atoms with E-state index in [1.54, 1.807) is 6.07 Å². The van der Waals surface area contributed by atoms with Crippen LogP contribution in [-0.2, 0) is 21.6 Å². The van der Waals surface area contributed by atoms with Gasteiger partial charge in [0.25, 0.3) is 0 Å². The number of hydrogen-bond acceptors (Lipinski definition) is 4. The average Bonchev–Trinajstić information content (AvgIpc) is 2.67. The number of amides is 1. The molecular formula is C13H17FN2O3S. The Bertz CT molecular complexity index is 631. The Labute approximate surface area is 117 Å². The number of nitrogens with two attached hydrogens (primary N) is 1. The third kappa shape index (κ3) is 3.34.